The molecule has 1 unspecified atom stereocenters. The van der Waals surface area contributed by atoms with E-state index < -0.39 is 0 Å². The Morgan fingerprint density at radius 2 is 2.41 bits per heavy atom. The van der Waals surface area contributed by atoms with Crippen molar-refractivity contribution in [3.8, 4) is 0 Å². The topological polar surface area (TPSA) is 61.3 Å². The highest BCUT2D eigenvalue weighted by Gasteiger charge is 2.18. The van der Waals surface area contributed by atoms with E-state index >= 15 is 0 Å². The van der Waals surface area contributed by atoms with Gasteiger partial charge in [0.15, 0.2) is 0 Å². The first kappa shape index (κ1) is 12.3. The van der Waals surface area contributed by atoms with E-state index in [1.807, 2.05) is 13.0 Å². The molecule has 17 heavy (non-hydrogen) atoms. The van der Waals surface area contributed by atoms with E-state index in [0.29, 0.717) is 12.6 Å². The van der Waals surface area contributed by atoms with E-state index in [2.05, 4.69) is 20.2 Å². The highest BCUT2D eigenvalue weighted by Crippen LogP contribution is 2.14. The summed E-state index contributed by atoms with van der Waals surface area (Å²) in [5.74, 6) is 0.903. The van der Waals surface area contributed by atoms with Gasteiger partial charge in [0.2, 0.25) is 0 Å². The summed E-state index contributed by atoms with van der Waals surface area (Å²) in [7, 11) is 0. The van der Waals surface area contributed by atoms with E-state index in [9.17, 15) is 0 Å². The van der Waals surface area contributed by atoms with Crippen molar-refractivity contribution >= 4 is 5.82 Å². The Morgan fingerprint density at radius 3 is 3.06 bits per heavy atom. The first-order valence-electron chi connectivity index (χ1n) is 6.17. The molecule has 0 saturated carbocycles. The monoisotopic (exact) mass is 236 g/mol. The van der Waals surface area contributed by atoms with Crippen molar-refractivity contribution in [2.45, 2.75) is 25.8 Å². The van der Waals surface area contributed by atoms with Crippen LogP contribution in [0.1, 0.15) is 18.5 Å². The number of rotatable bonds is 5. The third-order valence-corrected chi connectivity index (χ3v) is 3.09. The summed E-state index contributed by atoms with van der Waals surface area (Å²) in [6.45, 7) is 4.72. The van der Waals surface area contributed by atoms with Crippen LogP contribution in [0.15, 0.2) is 12.4 Å². The minimum atomic E-state index is 0.149. The third-order valence-electron chi connectivity index (χ3n) is 3.09. The SMILES string of the molecule is Cc1cc(N(CCO)CC2CCCN2)ncn1. The number of hydrogen-bond donors (Lipinski definition) is 2. The van der Waals surface area contributed by atoms with Crippen molar-refractivity contribution in [3.05, 3.63) is 18.1 Å². The summed E-state index contributed by atoms with van der Waals surface area (Å²) in [5, 5.41) is 12.6. The number of hydrogen-bond acceptors (Lipinski definition) is 5. The molecule has 5 heteroatoms. The van der Waals surface area contributed by atoms with Gasteiger partial charge in [0, 0.05) is 30.9 Å². The average molecular weight is 236 g/mol. The molecule has 5 nitrogen and oxygen atoms in total. The Kier molecular flexibility index (Phi) is 4.28. The Balaban J connectivity index is 2.04. The third kappa shape index (κ3) is 3.38. The van der Waals surface area contributed by atoms with Crippen LogP contribution in [0.3, 0.4) is 0 Å². The smallest absolute Gasteiger partial charge is 0.132 e. The highest BCUT2D eigenvalue weighted by atomic mass is 16.3. The summed E-state index contributed by atoms with van der Waals surface area (Å²) in [5.41, 5.74) is 0.956. The summed E-state index contributed by atoms with van der Waals surface area (Å²) < 4.78 is 0. The molecule has 0 amide bonds. The zero-order valence-corrected chi connectivity index (χ0v) is 10.3. The number of aromatic nitrogens is 2. The molecule has 1 aliphatic rings. The molecule has 1 saturated heterocycles. The van der Waals surface area contributed by atoms with E-state index in [4.69, 9.17) is 5.11 Å². The summed E-state index contributed by atoms with van der Waals surface area (Å²) >= 11 is 0. The van der Waals surface area contributed by atoms with Gasteiger partial charge in [0.05, 0.1) is 6.61 Å². The number of aryl methyl sites for hydroxylation is 1. The fourth-order valence-corrected chi connectivity index (χ4v) is 2.21. The summed E-state index contributed by atoms with van der Waals surface area (Å²) in [6.07, 6.45) is 4.02. The van der Waals surface area contributed by atoms with Gasteiger partial charge in [-0.2, -0.15) is 0 Å². The molecule has 1 atom stereocenters. The molecule has 0 radical (unpaired) electrons. The molecule has 2 heterocycles. The van der Waals surface area contributed by atoms with Gasteiger partial charge in [-0.3, -0.25) is 0 Å². The van der Waals surface area contributed by atoms with Gasteiger partial charge < -0.3 is 15.3 Å². The molecule has 1 aliphatic heterocycles. The molecule has 94 valence electrons. The summed E-state index contributed by atoms with van der Waals surface area (Å²) in [6, 6.07) is 2.47. The fourth-order valence-electron chi connectivity index (χ4n) is 2.21. The first-order chi connectivity index (χ1) is 8.29. The largest absolute Gasteiger partial charge is 0.395 e. The van der Waals surface area contributed by atoms with Crippen molar-refractivity contribution in [1.82, 2.24) is 15.3 Å². The molecule has 0 aliphatic carbocycles. The molecule has 0 aromatic carbocycles. The molecule has 2 rings (SSSR count). The Bertz CT molecular complexity index is 352. The maximum Gasteiger partial charge on any atom is 0.132 e. The second kappa shape index (κ2) is 5.93. The van der Waals surface area contributed by atoms with Crippen LogP contribution in [-0.2, 0) is 0 Å². The first-order valence-corrected chi connectivity index (χ1v) is 6.17. The lowest BCUT2D eigenvalue weighted by Crippen LogP contribution is -2.39. The normalized spacial score (nSPS) is 19.5. The molecule has 0 spiro atoms. The molecular formula is C12H20N4O. The van der Waals surface area contributed by atoms with Crippen molar-refractivity contribution < 1.29 is 5.11 Å². The van der Waals surface area contributed by atoms with E-state index in [1.165, 1.54) is 12.8 Å². The van der Waals surface area contributed by atoms with E-state index in [1.54, 1.807) is 6.33 Å². The molecular weight excluding hydrogens is 216 g/mol. The summed E-state index contributed by atoms with van der Waals surface area (Å²) in [4.78, 5) is 10.5. The Hall–Kier alpha value is -1.20. The van der Waals surface area contributed by atoms with Crippen molar-refractivity contribution in [2.75, 3.05) is 31.1 Å². The maximum absolute atomic E-state index is 9.14. The molecule has 1 fully saturated rings. The van der Waals surface area contributed by atoms with Gasteiger partial charge in [-0.1, -0.05) is 0 Å². The van der Waals surface area contributed by atoms with Crippen molar-refractivity contribution in [1.29, 1.82) is 0 Å². The Morgan fingerprint density at radius 1 is 1.53 bits per heavy atom. The van der Waals surface area contributed by atoms with Crippen LogP contribution in [0.2, 0.25) is 0 Å². The van der Waals surface area contributed by atoms with Gasteiger partial charge >= 0.3 is 0 Å². The van der Waals surface area contributed by atoms with Crippen molar-refractivity contribution in [2.24, 2.45) is 0 Å². The van der Waals surface area contributed by atoms with Crippen LogP contribution in [-0.4, -0.2) is 47.4 Å². The Labute approximate surface area is 102 Å². The second-order valence-electron chi connectivity index (χ2n) is 4.48. The number of nitrogens with zero attached hydrogens (tertiary/aromatic N) is 3. The maximum atomic E-state index is 9.14. The minimum absolute atomic E-state index is 0.149. The molecule has 1 aromatic heterocycles. The minimum Gasteiger partial charge on any atom is -0.395 e. The predicted molar refractivity (Wildman–Crippen MR) is 67.1 cm³/mol. The molecule has 0 bridgehead atoms. The highest BCUT2D eigenvalue weighted by molar-refractivity contribution is 5.38. The fraction of sp³-hybridized carbons (Fsp3) is 0.667. The zero-order valence-electron chi connectivity index (χ0n) is 10.3. The van der Waals surface area contributed by atoms with Crippen LogP contribution in [0.5, 0.6) is 0 Å². The quantitative estimate of drug-likeness (QED) is 0.772. The van der Waals surface area contributed by atoms with Crippen LogP contribution in [0.4, 0.5) is 5.82 Å². The number of aliphatic hydroxyl groups is 1. The van der Waals surface area contributed by atoms with E-state index in [-0.39, 0.29) is 6.61 Å². The number of nitrogens with one attached hydrogen (secondary N) is 1. The number of aliphatic hydroxyl groups excluding tert-OH is 1. The number of anilines is 1. The van der Waals surface area contributed by atoms with Crippen molar-refractivity contribution in [3.63, 3.8) is 0 Å². The molecule has 2 N–H and O–H groups in total. The van der Waals surface area contributed by atoms with Gasteiger partial charge in [-0.05, 0) is 26.3 Å². The lowest BCUT2D eigenvalue weighted by Gasteiger charge is -2.26. The van der Waals surface area contributed by atoms with Crippen LogP contribution in [0, 0.1) is 6.92 Å². The lowest BCUT2D eigenvalue weighted by atomic mass is 10.2. The van der Waals surface area contributed by atoms with Crippen LogP contribution in [0.25, 0.3) is 0 Å². The van der Waals surface area contributed by atoms with Gasteiger partial charge in [-0.25, -0.2) is 9.97 Å². The van der Waals surface area contributed by atoms with Gasteiger partial charge in [0.25, 0.3) is 0 Å². The van der Waals surface area contributed by atoms with Gasteiger partial charge in [-0.15, -0.1) is 0 Å². The van der Waals surface area contributed by atoms with Gasteiger partial charge in [0.1, 0.15) is 12.1 Å². The average Bonchev–Trinajstić information content (AvgIpc) is 2.81. The zero-order chi connectivity index (χ0) is 12.1. The van der Waals surface area contributed by atoms with Crippen LogP contribution < -0.4 is 10.2 Å². The van der Waals surface area contributed by atoms with Crippen LogP contribution >= 0.6 is 0 Å². The second-order valence-corrected chi connectivity index (χ2v) is 4.48. The standard InChI is InChI=1S/C12H20N4O/c1-10-7-12(15-9-14-10)16(5-6-17)8-11-3-2-4-13-11/h7,9,11,13,17H,2-6,8H2,1H3. The molecule has 1 aromatic rings. The lowest BCUT2D eigenvalue weighted by molar-refractivity contribution is 0.300. The van der Waals surface area contributed by atoms with E-state index in [0.717, 1.165) is 24.6 Å². The predicted octanol–water partition coefficient (Wildman–Crippen LogP) is 0.336.